The van der Waals surface area contributed by atoms with E-state index in [1.165, 1.54) is 11.1 Å². The lowest BCUT2D eigenvalue weighted by Crippen LogP contribution is -2.29. The number of hydrogen-bond acceptors (Lipinski definition) is 4. The molecule has 0 fully saturated rings. The number of allylic oxidation sites excluding steroid dienone is 1. The van der Waals surface area contributed by atoms with Crippen LogP contribution < -0.4 is 9.47 Å². The third kappa shape index (κ3) is 5.15. The number of fused-ring (bicyclic) bond motifs is 1. The van der Waals surface area contributed by atoms with Gasteiger partial charge in [0.1, 0.15) is 11.5 Å². The highest BCUT2D eigenvalue weighted by molar-refractivity contribution is 5.53. The lowest BCUT2D eigenvalue weighted by molar-refractivity contribution is 0.114. The summed E-state index contributed by atoms with van der Waals surface area (Å²) in [5.41, 5.74) is 4.12. The first-order valence-electron chi connectivity index (χ1n) is 12.0. The molecule has 4 aromatic rings. The smallest absolute Gasteiger partial charge is 0.134 e. The van der Waals surface area contributed by atoms with Gasteiger partial charge in [0.25, 0.3) is 0 Å². The Hall–Kier alpha value is -3.83. The second-order valence-corrected chi connectivity index (χ2v) is 8.81. The minimum atomic E-state index is -0.405. The average Bonchev–Trinajstić information content (AvgIpc) is 3.38. The van der Waals surface area contributed by atoms with Gasteiger partial charge in [-0.05, 0) is 36.1 Å². The molecule has 2 heterocycles. The summed E-state index contributed by atoms with van der Waals surface area (Å²) in [6, 6.07) is 26.7. The predicted molar refractivity (Wildman–Crippen MR) is 137 cm³/mol. The standard InChI is InChI=1S/C30H30N2O3/c1-33-26-13-14-27-28(19-26)35-18-16-30(27,15-8-17-34-22-25-11-6-3-7-12-25)29-21-32(23-31-29)20-24-9-4-2-5-10-24/h2-7,9-14,16,18-19,21,23H,8,15,17,20,22H2,1H3. The van der Waals surface area contributed by atoms with E-state index in [1.54, 1.807) is 13.4 Å². The van der Waals surface area contributed by atoms with Gasteiger partial charge >= 0.3 is 0 Å². The highest BCUT2D eigenvalue weighted by Crippen LogP contribution is 2.45. The maximum Gasteiger partial charge on any atom is 0.134 e. The lowest BCUT2D eigenvalue weighted by Gasteiger charge is -2.34. The largest absolute Gasteiger partial charge is 0.497 e. The molecule has 0 amide bonds. The summed E-state index contributed by atoms with van der Waals surface area (Å²) < 4.78 is 19.5. The molecule has 0 spiro atoms. The van der Waals surface area contributed by atoms with E-state index < -0.39 is 5.41 Å². The molecule has 5 rings (SSSR count). The molecule has 35 heavy (non-hydrogen) atoms. The van der Waals surface area contributed by atoms with Crippen LogP contribution in [0, 0.1) is 0 Å². The molecule has 0 saturated heterocycles. The van der Waals surface area contributed by atoms with E-state index >= 15 is 0 Å². The van der Waals surface area contributed by atoms with Crippen molar-refractivity contribution in [2.45, 2.75) is 31.4 Å². The Kier molecular flexibility index (Phi) is 6.96. The van der Waals surface area contributed by atoms with Gasteiger partial charge in [-0.2, -0.15) is 0 Å². The zero-order valence-corrected chi connectivity index (χ0v) is 20.0. The molecule has 1 unspecified atom stereocenters. The number of imidazole rings is 1. The first-order valence-corrected chi connectivity index (χ1v) is 12.0. The van der Waals surface area contributed by atoms with Crippen molar-refractivity contribution < 1.29 is 14.2 Å². The van der Waals surface area contributed by atoms with Gasteiger partial charge in [0.05, 0.1) is 37.4 Å². The van der Waals surface area contributed by atoms with Crippen molar-refractivity contribution in [3.8, 4) is 11.5 Å². The van der Waals surface area contributed by atoms with E-state index in [9.17, 15) is 0 Å². The van der Waals surface area contributed by atoms with Crippen LogP contribution in [0.25, 0.3) is 0 Å². The van der Waals surface area contributed by atoms with E-state index in [4.69, 9.17) is 19.2 Å². The molecule has 0 saturated carbocycles. The van der Waals surface area contributed by atoms with Crippen LogP contribution in [0.15, 0.2) is 104 Å². The van der Waals surface area contributed by atoms with E-state index in [0.717, 1.165) is 42.1 Å². The van der Waals surface area contributed by atoms with Crippen LogP contribution in [0.4, 0.5) is 0 Å². The fourth-order valence-electron chi connectivity index (χ4n) is 4.67. The molecular weight excluding hydrogens is 436 g/mol. The maximum atomic E-state index is 6.00. The maximum absolute atomic E-state index is 6.00. The number of methoxy groups -OCH3 is 1. The third-order valence-electron chi connectivity index (χ3n) is 6.49. The molecule has 1 aliphatic rings. The molecule has 0 radical (unpaired) electrons. The number of hydrogen-bond donors (Lipinski definition) is 0. The summed E-state index contributed by atoms with van der Waals surface area (Å²) in [6.07, 6.45) is 9.72. The van der Waals surface area contributed by atoms with Gasteiger partial charge < -0.3 is 18.8 Å². The van der Waals surface area contributed by atoms with Gasteiger partial charge in [-0.1, -0.05) is 66.7 Å². The Morgan fingerprint density at radius 2 is 1.71 bits per heavy atom. The van der Waals surface area contributed by atoms with Crippen molar-refractivity contribution in [3.63, 3.8) is 0 Å². The molecule has 1 aliphatic heterocycles. The van der Waals surface area contributed by atoms with Crippen LogP contribution in [0.3, 0.4) is 0 Å². The van der Waals surface area contributed by atoms with Crippen molar-refractivity contribution >= 4 is 0 Å². The van der Waals surface area contributed by atoms with Crippen molar-refractivity contribution in [2.75, 3.05) is 13.7 Å². The summed E-state index contributed by atoms with van der Waals surface area (Å²) in [4.78, 5) is 4.88. The Morgan fingerprint density at radius 3 is 2.49 bits per heavy atom. The number of nitrogens with zero attached hydrogens (tertiary/aromatic N) is 2. The summed E-state index contributed by atoms with van der Waals surface area (Å²) >= 11 is 0. The Balaban J connectivity index is 1.38. The molecule has 0 aliphatic carbocycles. The predicted octanol–water partition coefficient (Wildman–Crippen LogP) is 6.13. The van der Waals surface area contributed by atoms with E-state index in [1.807, 2.05) is 42.7 Å². The average molecular weight is 467 g/mol. The number of benzene rings is 3. The van der Waals surface area contributed by atoms with Gasteiger partial charge in [0.15, 0.2) is 0 Å². The van der Waals surface area contributed by atoms with Crippen LogP contribution in [0.2, 0.25) is 0 Å². The Morgan fingerprint density at radius 1 is 0.943 bits per heavy atom. The third-order valence-corrected chi connectivity index (χ3v) is 6.49. The van der Waals surface area contributed by atoms with Crippen LogP contribution in [0.5, 0.6) is 11.5 Å². The molecule has 5 nitrogen and oxygen atoms in total. The second kappa shape index (κ2) is 10.6. The fourth-order valence-corrected chi connectivity index (χ4v) is 4.67. The first-order chi connectivity index (χ1) is 17.3. The Bertz CT molecular complexity index is 1270. The molecular formula is C30H30N2O3. The summed E-state index contributed by atoms with van der Waals surface area (Å²) in [6.45, 7) is 2.06. The van der Waals surface area contributed by atoms with Crippen LogP contribution in [-0.2, 0) is 23.3 Å². The fraction of sp³-hybridized carbons (Fsp3) is 0.233. The summed E-state index contributed by atoms with van der Waals surface area (Å²) in [7, 11) is 1.67. The topological polar surface area (TPSA) is 45.5 Å². The lowest BCUT2D eigenvalue weighted by atomic mass is 9.73. The monoisotopic (exact) mass is 466 g/mol. The zero-order chi connectivity index (χ0) is 23.9. The van der Waals surface area contributed by atoms with Crippen molar-refractivity contribution in [1.82, 2.24) is 9.55 Å². The van der Waals surface area contributed by atoms with Gasteiger partial charge in [0.2, 0.25) is 0 Å². The molecule has 3 aromatic carbocycles. The van der Waals surface area contributed by atoms with Crippen LogP contribution in [0.1, 0.15) is 35.2 Å². The van der Waals surface area contributed by atoms with Gasteiger partial charge in [0, 0.05) is 31.0 Å². The molecule has 5 heteroatoms. The molecule has 1 atom stereocenters. The normalized spacial score (nSPS) is 16.5. The molecule has 178 valence electrons. The summed E-state index contributed by atoms with van der Waals surface area (Å²) in [5.74, 6) is 1.57. The highest BCUT2D eigenvalue weighted by Gasteiger charge is 2.38. The van der Waals surface area contributed by atoms with Gasteiger partial charge in [-0.25, -0.2) is 4.98 Å². The molecule has 0 bridgehead atoms. The van der Waals surface area contributed by atoms with E-state index in [0.29, 0.717) is 13.2 Å². The number of aromatic nitrogens is 2. The van der Waals surface area contributed by atoms with E-state index in [2.05, 4.69) is 59.3 Å². The van der Waals surface area contributed by atoms with Crippen molar-refractivity contribution in [1.29, 1.82) is 0 Å². The number of rotatable bonds is 10. The van der Waals surface area contributed by atoms with Crippen LogP contribution >= 0.6 is 0 Å². The SMILES string of the molecule is COc1ccc2c(c1)OC=CC2(CCCOCc1ccccc1)c1cn(Cc2ccccc2)cn1. The van der Waals surface area contributed by atoms with Crippen LogP contribution in [-0.4, -0.2) is 23.3 Å². The zero-order valence-electron chi connectivity index (χ0n) is 20.0. The Labute approximate surface area is 206 Å². The van der Waals surface area contributed by atoms with Gasteiger partial charge in [-0.3, -0.25) is 0 Å². The quantitative estimate of drug-likeness (QED) is 0.264. The first kappa shape index (κ1) is 22.9. The highest BCUT2D eigenvalue weighted by atomic mass is 16.5. The summed E-state index contributed by atoms with van der Waals surface area (Å²) in [5, 5.41) is 0. The number of ether oxygens (including phenoxy) is 3. The van der Waals surface area contributed by atoms with E-state index in [-0.39, 0.29) is 0 Å². The molecule has 0 N–H and O–H groups in total. The van der Waals surface area contributed by atoms with Gasteiger partial charge in [-0.15, -0.1) is 0 Å². The minimum Gasteiger partial charge on any atom is -0.497 e. The minimum absolute atomic E-state index is 0.405. The second-order valence-electron chi connectivity index (χ2n) is 8.81. The molecule has 1 aromatic heterocycles. The van der Waals surface area contributed by atoms with Crippen molar-refractivity contribution in [2.24, 2.45) is 0 Å². The van der Waals surface area contributed by atoms with Crippen molar-refractivity contribution in [3.05, 3.63) is 126 Å².